The number of rotatable bonds is 7. The van der Waals surface area contributed by atoms with E-state index in [0.29, 0.717) is 32.5 Å². The molecule has 26 heavy (non-hydrogen) atoms. The van der Waals surface area contributed by atoms with Gasteiger partial charge >= 0.3 is 5.97 Å². The summed E-state index contributed by atoms with van der Waals surface area (Å²) in [6.07, 6.45) is 4.79. The van der Waals surface area contributed by atoms with E-state index in [1.54, 1.807) is 0 Å². The number of aromatic nitrogens is 2. The molecule has 0 saturated carbocycles. The van der Waals surface area contributed by atoms with E-state index in [1.807, 2.05) is 42.2 Å². The molecular formula is C20H27N3O3. The van der Waals surface area contributed by atoms with Gasteiger partial charge in [0.25, 0.3) is 0 Å². The first-order valence-electron chi connectivity index (χ1n) is 9.22. The van der Waals surface area contributed by atoms with Crippen molar-refractivity contribution in [3.8, 4) is 0 Å². The summed E-state index contributed by atoms with van der Waals surface area (Å²) in [5.74, 6) is -0.873. The van der Waals surface area contributed by atoms with Gasteiger partial charge in [-0.3, -0.25) is 14.4 Å². The van der Waals surface area contributed by atoms with Crippen molar-refractivity contribution in [3.05, 3.63) is 53.9 Å². The molecule has 2 atom stereocenters. The largest absolute Gasteiger partial charge is 0.481 e. The second-order valence-corrected chi connectivity index (χ2v) is 7.24. The minimum Gasteiger partial charge on any atom is -0.481 e. The SMILES string of the molecule is CCC[C@]1(C(=O)O)CCN(Cc2cnn(Cc3ccccc3)c2)C[C@@H]1O. The van der Waals surface area contributed by atoms with Crippen LogP contribution < -0.4 is 0 Å². The number of piperidine rings is 1. The molecule has 0 spiro atoms. The van der Waals surface area contributed by atoms with Gasteiger partial charge in [-0.1, -0.05) is 43.7 Å². The van der Waals surface area contributed by atoms with Crippen LogP contribution in [0.15, 0.2) is 42.7 Å². The van der Waals surface area contributed by atoms with Gasteiger partial charge < -0.3 is 10.2 Å². The summed E-state index contributed by atoms with van der Waals surface area (Å²) in [4.78, 5) is 13.8. The Bertz CT molecular complexity index is 731. The Balaban J connectivity index is 1.60. The van der Waals surface area contributed by atoms with E-state index in [9.17, 15) is 15.0 Å². The molecule has 1 saturated heterocycles. The van der Waals surface area contributed by atoms with Crippen molar-refractivity contribution >= 4 is 5.97 Å². The molecule has 6 heteroatoms. The molecule has 1 fully saturated rings. The third kappa shape index (κ3) is 3.97. The summed E-state index contributed by atoms with van der Waals surface area (Å²) in [5.41, 5.74) is 1.27. The molecule has 1 aliphatic heterocycles. The molecular weight excluding hydrogens is 330 g/mol. The molecule has 6 nitrogen and oxygen atoms in total. The van der Waals surface area contributed by atoms with Crippen LogP contribution >= 0.6 is 0 Å². The Morgan fingerprint density at radius 3 is 2.69 bits per heavy atom. The van der Waals surface area contributed by atoms with Gasteiger partial charge in [-0.25, -0.2) is 0 Å². The number of aliphatic hydroxyl groups is 1. The lowest BCUT2D eigenvalue weighted by molar-refractivity contribution is -0.164. The number of hydrogen-bond donors (Lipinski definition) is 2. The van der Waals surface area contributed by atoms with Crippen molar-refractivity contribution < 1.29 is 15.0 Å². The highest BCUT2D eigenvalue weighted by Gasteiger charge is 2.47. The molecule has 140 valence electrons. The summed E-state index contributed by atoms with van der Waals surface area (Å²) >= 11 is 0. The van der Waals surface area contributed by atoms with Crippen molar-refractivity contribution in [3.63, 3.8) is 0 Å². The summed E-state index contributed by atoms with van der Waals surface area (Å²) < 4.78 is 1.91. The Morgan fingerprint density at radius 2 is 2.04 bits per heavy atom. The van der Waals surface area contributed by atoms with Gasteiger partial charge in [-0.2, -0.15) is 5.10 Å². The first-order valence-corrected chi connectivity index (χ1v) is 9.22. The summed E-state index contributed by atoms with van der Waals surface area (Å²) in [6.45, 7) is 4.42. The van der Waals surface area contributed by atoms with Gasteiger partial charge in [-0.05, 0) is 24.9 Å². The number of likely N-dealkylation sites (tertiary alicyclic amines) is 1. The fourth-order valence-corrected chi connectivity index (χ4v) is 3.88. The Labute approximate surface area is 154 Å². The van der Waals surface area contributed by atoms with Crippen LogP contribution in [0.5, 0.6) is 0 Å². The smallest absolute Gasteiger partial charge is 0.312 e. The average molecular weight is 357 g/mol. The summed E-state index contributed by atoms with van der Waals surface area (Å²) in [6, 6.07) is 10.2. The van der Waals surface area contributed by atoms with E-state index in [1.165, 1.54) is 5.56 Å². The lowest BCUT2D eigenvalue weighted by Crippen LogP contribution is -2.54. The minimum absolute atomic E-state index is 0.385. The maximum atomic E-state index is 11.7. The van der Waals surface area contributed by atoms with Crippen LogP contribution in [0.1, 0.15) is 37.3 Å². The van der Waals surface area contributed by atoms with E-state index in [4.69, 9.17) is 0 Å². The number of aliphatic carboxylic acids is 1. The Morgan fingerprint density at radius 1 is 1.27 bits per heavy atom. The lowest BCUT2D eigenvalue weighted by atomic mass is 9.73. The number of benzene rings is 1. The van der Waals surface area contributed by atoms with Crippen molar-refractivity contribution in [1.29, 1.82) is 0 Å². The number of aliphatic hydroxyl groups excluding tert-OH is 1. The van der Waals surface area contributed by atoms with E-state index in [2.05, 4.69) is 22.1 Å². The van der Waals surface area contributed by atoms with Gasteiger partial charge in [0.1, 0.15) is 0 Å². The number of carboxylic acid groups (broad SMARTS) is 1. The fraction of sp³-hybridized carbons (Fsp3) is 0.500. The molecule has 3 rings (SSSR count). The van der Waals surface area contributed by atoms with Crippen LogP contribution in [0, 0.1) is 5.41 Å². The molecule has 1 aliphatic rings. The van der Waals surface area contributed by atoms with Gasteiger partial charge in [0.05, 0.1) is 24.3 Å². The molecule has 1 aromatic carbocycles. The first-order chi connectivity index (χ1) is 12.5. The molecule has 0 amide bonds. The molecule has 0 radical (unpaired) electrons. The molecule has 2 aromatic rings. The molecule has 1 aromatic heterocycles. The zero-order valence-corrected chi connectivity index (χ0v) is 15.2. The van der Waals surface area contributed by atoms with E-state index < -0.39 is 17.5 Å². The number of β-amino-alcohol motifs (C(OH)–C–C–N with tert-alkyl or cyclic N) is 1. The normalized spacial score (nSPS) is 23.8. The van der Waals surface area contributed by atoms with Crippen LogP contribution in [-0.4, -0.2) is 50.1 Å². The fourth-order valence-electron chi connectivity index (χ4n) is 3.88. The van der Waals surface area contributed by atoms with Crippen molar-refractivity contribution in [2.75, 3.05) is 13.1 Å². The molecule has 0 unspecified atom stereocenters. The van der Waals surface area contributed by atoms with E-state index >= 15 is 0 Å². The van der Waals surface area contributed by atoms with Crippen LogP contribution in [0.3, 0.4) is 0 Å². The summed E-state index contributed by atoms with van der Waals surface area (Å²) in [7, 11) is 0. The molecule has 2 heterocycles. The van der Waals surface area contributed by atoms with Crippen molar-refractivity contribution in [2.24, 2.45) is 5.41 Å². The van der Waals surface area contributed by atoms with Gasteiger partial charge in [0.2, 0.25) is 0 Å². The predicted molar refractivity (Wildman–Crippen MR) is 98.6 cm³/mol. The van der Waals surface area contributed by atoms with Crippen molar-refractivity contribution in [2.45, 2.75) is 45.4 Å². The standard InChI is InChI=1S/C20H27N3O3/c1-2-8-20(19(25)26)9-10-22(15-18(20)24)12-17-11-21-23(14-17)13-16-6-4-3-5-7-16/h3-7,11,14,18,24H,2,8-10,12-13,15H2,1H3,(H,25,26)/t18-,20-/m0/s1. The van der Waals surface area contributed by atoms with Gasteiger partial charge in [0.15, 0.2) is 0 Å². The van der Waals surface area contributed by atoms with Crippen LogP contribution in [0.2, 0.25) is 0 Å². The maximum absolute atomic E-state index is 11.7. The zero-order chi connectivity index (χ0) is 18.6. The van der Waals surface area contributed by atoms with Crippen LogP contribution in [0.25, 0.3) is 0 Å². The van der Waals surface area contributed by atoms with Crippen LogP contribution in [0.4, 0.5) is 0 Å². The van der Waals surface area contributed by atoms with E-state index in [-0.39, 0.29) is 0 Å². The van der Waals surface area contributed by atoms with Gasteiger partial charge in [0, 0.05) is 24.8 Å². The van der Waals surface area contributed by atoms with Crippen LogP contribution in [-0.2, 0) is 17.9 Å². The third-order valence-corrected chi connectivity index (χ3v) is 5.35. The number of carbonyl (C=O) groups is 1. The highest BCUT2D eigenvalue weighted by molar-refractivity contribution is 5.75. The minimum atomic E-state index is -0.997. The topological polar surface area (TPSA) is 78.6 Å². The highest BCUT2D eigenvalue weighted by Crippen LogP contribution is 2.37. The van der Waals surface area contributed by atoms with Crippen molar-refractivity contribution in [1.82, 2.24) is 14.7 Å². The monoisotopic (exact) mass is 357 g/mol. The second-order valence-electron chi connectivity index (χ2n) is 7.24. The van der Waals surface area contributed by atoms with Gasteiger partial charge in [-0.15, -0.1) is 0 Å². The maximum Gasteiger partial charge on any atom is 0.312 e. The quantitative estimate of drug-likeness (QED) is 0.795. The second kappa shape index (κ2) is 8.01. The average Bonchev–Trinajstić information content (AvgIpc) is 3.05. The third-order valence-electron chi connectivity index (χ3n) is 5.35. The lowest BCUT2D eigenvalue weighted by Gasteiger charge is -2.42. The summed E-state index contributed by atoms with van der Waals surface area (Å²) in [5, 5.41) is 24.6. The zero-order valence-electron chi connectivity index (χ0n) is 15.2. The molecule has 0 aliphatic carbocycles. The molecule has 0 bridgehead atoms. The molecule has 2 N–H and O–H groups in total. The van der Waals surface area contributed by atoms with E-state index in [0.717, 1.165) is 18.5 Å². The Kier molecular flexibility index (Phi) is 5.74. The number of nitrogens with zero attached hydrogens (tertiary/aromatic N) is 3. The first kappa shape index (κ1) is 18.6. The number of carboxylic acids is 1. The Hall–Kier alpha value is -2.18. The highest BCUT2D eigenvalue weighted by atomic mass is 16.4. The number of hydrogen-bond acceptors (Lipinski definition) is 4. The predicted octanol–water partition coefficient (Wildman–Crippen LogP) is 2.37.